The van der Waals surface area contributed by atoms with Crippen molar-refractivity contribution >= 4 is 5.82 Å². The van der Waals surface area contributed by atoms with E-state index in [-0.39, 0.29) is 5.69 Å². The van der Waals surface area contributed by atoms with E-state index in [0.717, 1.165) is 11.1 Å². The lowest BCUT2D eigenvalue weighted by Crippen LogP contribution is -2.05. The van der Waals surface area contributed by atoms with Crippen molar-refractivity contribution in [2.75, 3.05) is 19.5 Å². The van der Waals surface area contributed by atoms with Gasteiger partial charge in [-0.25, -0.2) is 9.97 Å². The highest BCUT2D eigenvalue weighted by Crippen LogP contribution is 2.32. The maximum absolute atomic E-state index is 9.30. The van der Waals surface area contributed by atoms with E-state index >= 15 is 0 Å². The van der Waals surface area contributed by atoms with Crippen LogP contribution in [0.4, 0.5) is 5.82 Å². The van der Waals surface area contributed by atoms with Gasteiger partial charge in [-0.1, -0.05) is 30.3 Å². The summed E-state index contributed by atoms with van der Waals surface area (Å²) in [7, 11) is 3.17. The van der Waals surface area contributed by atoms with Crippen molar-refractivity contribution < 1.29 is 9.47 Å². The summed E-state index contributed by atoms with van der Waals surface area (Å²) in [5.74, 6) is 1.69. The molecule has 130 valence electrons. The molecular formula is C20H18N4O2. The first-order chi connectivity index (χ1) is 12.7. The zero-order valence-electron chi connectivity index (χ0n) is 14.6. The Kier molecular flexibility index (Phi) is 5.30. The van der Waals surface area contributed by atoms with Gasteiger partial charge in [0.25, 0.3) is 0 Å². The van der Waals surface area contributed by atoms with Crippen LogP contribution in [0.1, 0.15) is 11.3 Å². The molecule has 0 saturated heterocycles. The number of benzene rings is 2. The van der Waals surface area contributed by atoms with Crippen LogP contribution in [0, 0.1) is 11.3 Å². The summed E-state index contributed by atoms with van der Waals surface area (Å²) in [6.45, 7) is 0.555. The number of hydrogen-bond acceptors (Lipinski definition) is 6. The number of methoxy groups -OCH3 is 2. The Balaban J connectivity index is 1.91. The van der Waals surface area contributed by atoms with Gasteiger partial charge in [-0.3, -0.25) is 0 Å². The van der Waals surface area contributed by atoms with E-state index < -0.39 is 0 Å². The lowest BCUT2D eigenvalue weighted by atomic mass is 10.1. The minimum Gasteiger partial charge on any atom is -0.493 e. The Hall–Kier alpha value is -3.59. The monoisotopic (exact) mass is 346 g/mol. The second-order valence-electron chi connectivity index (χ2n) is 5.47. The zero-order chi connectivity index (χ0) is 18.4. The van der Waals surface area contributed by atoms with Crippen LogP contribution in [0.25, 0.3) is 11.3 Å². The summed E-state index contributed by atoms with van der Waals surface area (Å²) in [5, 5.41) is 12.5. The quantitative estimate of drug-likeness (QED) is 0.734. The maximum atomic E-state index is 9.30. The van der Waals surface area contributed by atoms with Crippen molar-refractivity contribution in [3.63, 3.8) is 0 Å². The van der Waals surface area contributed by atoms with Crippen molar-refractivity contribution in [1.29, 1.82) is 5.26 Å². The van der Waals surface area contributed by atoms with Crippen molar-refractivity contribution in [3.8, 4) is 28.8 Å². The average Bonchev–Trinajstić information content (AvgIpc) is 2.72. The molecule has 0 aliphatic rings. The number of anilines is 1. The van der Waals surface area contributed by atoms with E-state index in [1.54, 1.807) is 20.4 Å². The molecule has 0 amide bonds. The third-order valence-corrected chi connectivity index (χ3v) is 3.86. The van der Waals surface area contributed by atoms with Crippen LogP contribution in [0.15, 0.2) is 54.7 Å². The van der Waals surface area contributed by atoms with Crippen molar-refractivity contribution in [3.05, 3.63) is 66.0 Å². The van der Waals surface area contributed by atoms with Gasteiger partial charge < -0.3 is 14.8 Å². The van der Waals surface area contributed by atoms with Gasteiger partial charge in [0.05, 0.1) is 26.1 Å². The van der Waals surface area contributed by atoms with Crippen LogP contribution in [0.5, 0.6) is 11.5 Å². The van der Waals surface area contributed by atoms with Gasteiger partial charge in [0, 0.05) is 12.1 Å². The first-order valence-corrected chi connectivity index (χ1v) is 8.02. The number of nitriles is 1. The molecule has 3 rings (SSSR count). The first-order valence-electron chi connectivity index (χ1n) is 8.02. The molecule has 6 heteroatoms. The van der Waals surface area contributed by atoms with Gasteiger partial charge in [-0.2, -0.15) is 5.26 Å². The van der Waals surface area contributed by atoms with Crippen LogP contribution in [-0.4, -0.2) is 24.2 Å². The SMILES string of the molecule is COc1ccc(-c2cnc(C#N)c(NCc3ccccc3)n2)cc1OC. The molecule has 26 heavy (non-hydrogen) atoms. The van der Waals surface area contributed by atoms with Gasteiger partial charge in [0.1, 0.15) is 6.07 Å². The predicted octanol–water partition coefficient (Wildman–Crippen LogP) is 3.64. The molecule has 0 fully saturated rings. The second kappa shape index (κ2) is 7.99. The normalized spacial score (nSPS) is 10.0. The number of hydrogen-bond donors (Lipinski definition) is 1. The summed E-state index contributed by atoms with van der Waals surface area (Å²) in [5.41, 5.74) is 2.81. The largest absolute Gasteiger partial charge is 0.493 e. The highest BCUT2D eigenvalue weighted by atomic mass is 16.5. The third-order valence-electron chi connectivity index (χ3n) is 3.86. The molecule has 0 spiro atoms. The van der Waals surface area contributed by atoms with Gasteiger partial charge in [0.2, 0.25) is 0 Å². The standard InChI is InChI=1S/C20H18N4O2/c1-25-18-9-8-15(10-19(18)26-2)17-13-22-16(11-21)20(24-17)23-12-14-6-4-3-5-7-14/h3-10,13H,12H2,1-2H3,(H,23,24). The van der Waals surface area contributed by atoms with Crippen LogP contribution >= 0.6 is 0 Å². The Morgan fingerprint density at radius 2 is 1.81 bits per heavy atom. The van der Waals surface area contributed by atoms with E-state index in [0.29, 0.717) is 29.6 Å². The lowest BCUT2D eigenvalue weighted by molar-refractivity contribution is 0.355. The minimum atomic E-state index is 0.255. The van der Waals surface area contributed by atoms with E-state index in [1.165, 1.54) is 0 Å². The molecule has 1 heterocycles. The van der Waals surface area contributed by atoms with Crippen molar-refractivity contribution in [2.45, 2.75) is 6.54 Å². The number of nitrogens with zero attached hydrogens (tertiary/aromatic N) is 3. The summed E-state index contributed by atoms with van der Waals surface area (Å²) in [6, 6.07) is 17.5. The second-order valence-corrected chi connectivity index (χ2v) is 5.47. The molecule has 3 aromatic rings. The van der Waals surface area contributed by atoms with Crippen molar-refractivity contribution in [2.24, 2.45) is 0 Å². The van der Waals surface area contributed by atoms with Gasteiger partial charge in [-0.05, 0) is 23.8 Å². The summed E-state index contributed by atoms with van der Waals surface area (Å²) in [4.78, 5) is 8.79. The van der Waals surface area contributed by atoms with Crippen LogP contribution in [0.3, 0.4) is 0 Å². The average molecular weight is 346 g/mol. The molecular weight excluding hydrogens is 328 g/mol. The molecule has 0 bridgehead atoms. The summed E-state index contributed by atoms with van der Waals surface area (Å²) in [6.07, 6.45) is 1.58. The Bertz CT molecular complexity index is 936. The van der Waals surface area contributed by atoms with Gasteiger partial charge in [0.15, 0.2) is 23.0 Å². The smallest absolute Gasteiger partial charge is 0.183 e. The van der Waals surface area contributed by atoms with E-state index in [4.69, 9.17) is 9.47 Å². The molecule has 0 radical (unpaired) electrons. The Morgan fingerprint density at radius 1 is 1.04 bits per heavy atom. The molecule has 1 aromatic heterocycles. The number of aromatic nitrogens is 2. The Labute approximate surface area is 152 Å². The molecule has 0 aliphatic heterocycles. The molecule has 0 atom stereocenters. The highest BCUT2D eigenvalue weighted by molar-refractivity contribution is 5.66. The van der Waals surface area contributed by atoms with Crippen molar-refractivity contribution in [1.82, 2.24) is 9.97 Å². The summed E-state index contributed by atoms with van der Waals surface area (Å²) < 4.78 is 10.6. The van der Waals surface area contributed by atoms with Crippen LogP contribution in [-0.2, 0) is 6.54 Å². The Morgan fingerprint density at radius 3 is 2.50 bits per heavy atom. The lowest BCUT2D eigenvalue weighted by Gasteiger charge is -2.11. The zero-order valence-corrected chi connectivity index (χ0v) is 14.6. The van der Waals surface area contributed by atoms with Crippen LogP contribution < -0.4 is 14.8 Å². The van der Waals surface area contributed by atoms with E-state index in [2.05, 4.69) is 21.4 Å². The predicted molar refractivity (Wildman–Crippen MR) is 99.1 cm³/mol. The number of ether oxygens (including phenoxy) is 2. The highest BCUT2D eigenvalue weighted by Gasteiger charge is 2.11. The third kappa shape index (κ3) is 3.73. The fourth-order valence-corrected chi connectivity index (χ4v) is 2.51. The number of rotatable bonds is 6. The molecule has 0 unspecified atom stereocenters. The maximum Gasteiger partial charge on any atom is 0.183 e. The molecule has 0 saturated carbocycles. The summed E-state index contributed by atoms with van der Waals surface area (Å²) >= 11 is 0. The first kappa shape index (κ1) is 17.2. The fraction of sp³-hybridized carbons (Fsp3) is 0.150. The van der Waals surface area contributed by atoms with Gasteiger partial charge >= 0.3 is 0 Å². The van der Waals surface area contributed by atoms with E-state index in [9.17, 15) is 5.26 Å². The topological polar surface area (TPSA) is 80.1 Å². The van der Waals surface area contributed by atoms with E-state index in [1.807, 2.05) is 48.5 Å². The molecule has 1 N–H and O–H groups in total. The van der Waals surface area contributed by atoms with Gasteiger partial charge in [-0.15, -0.1) is 0 Å². The number of nitrogens with one attached hydrogen (secondary N) is 1. The van der Waals surface area contributed by atoms with Crippen LogP contribution in [0.2, 0.25) is 0 Å². The minimum absolute atomic E-state index is 0.255. The molecule has 2 aromatic carbocycles. The molecule has 6 nitrogen and oxygen atoms in total. The fourth-order valence-electron chi connectivity index (χ4n) is 2.51. The molecule has 0 aliphatic carbocycles.